The average Bonchev–Trinajstić information content (AvgIpc) is 2.35. The standard InChI is InChI=1S/C13H10ClNO2/c1-2-7-17-13(16)11(9-15)8-10-3-5-12(14)6-4-10/h2-6,8H,1,7H2/b11-8-. The highest BCUT2D eigenvalue weighted by atomic mass is 35.5. The molecule has 0 aliphatic heterocycles. The van der Waals surface area contributed by atoms with Crippen molar-refractivity contribution in [1.82, 2.24) is 0 Å². The van der Waals surface area contributed by atoms with Crippen molar-refractivity contribution < 1.29 is 9.53 Å². The van der Waals surface area contributed by atoms with E-state index in [9.17, 15) is 4.79 Å². The van der Waals surface area contributed by atoms with Crippen LogP contribution in [0.25, 0.3) is 6.08 Å². The summed E-state index contributed by atoms with van der Waals surface area (Å²) in [4.78, 5) is 11.4. The van der Waals surface area contributed by atoms with E-state index in [4.69, 9.17) is 21.6 Å². The van der Waals surface area contributed by atoms with E-state index >= 15 is 0 Å². The first-order chi connectivity index (χ1) is 8.17. The largest absolute Gasteiger partial charge is 0.457 e. The molecular formula is C13H10ClNO2. The van der Waals surface area contributed by atoms with Gasteiger partial charge in [-0.05, 0) is 23.8 Å². The van der Waals surface area contributed by atoms with Gasteiger partial charge in [0.05, 0.1) is 0 Å². The number of halogens is 1. The molecule has 17 heavy (non-hydrogen) atoms. The van der Waals surface area contributed by atoms with E-state index in [2.05, 4.69) is 6.58 Å². The molecule has 1 aromatic carbocycles. The maximum absolute atomic E-state index is 11.4. The summed E-state index contributed by atoms with van der Waals surface area (Å²) < 4.78 is 4.77. The van der Waals surface area contributed by atoms with Crippen LogP contribution in [0.2, 0.25) is 5.02 Å². The lowest BCUT2D eigenvalue weighted by Gasteiger charge is -2.00. The molecule has 0 heterocycles. The molecule has 0 fully saturated rings. The Hall–Kier alpha value is -2.05. The summed E-state index contributed by atoms with van der Waals surface area (Å²) in [6, 6.07) is 8.57. The van der Waals surface area contributed by atoms with E-state index in [1.54, 1.807) is 30.3 Å². The number of hydrogen-bond acceptors (Lipinski definition) is 3. The van der Waals surface area contributed by atoms with Gasteiger partial charge in [0.25, 0.3) is 0 Å². The zero-order chi connectivity index (χ0) is 12.7. The van der Waals surface area contributed by atoms with Crippen molar-refractivity contribution in [2.75, 3.05) is 6.61 Å². The smallest absolute Gasteiger partial charge is 0.349 e. The first-order valence-corrected chi connectivity index (χ1v) is 5.20. The highest BCUT2D eigenvalue weighted by molar-refractivity contribution is 6.30. The van der Waals surface area contributed by atoms with Gasteiger partial charge >= 0.3 is 5.97 Å². The summed E-state index contributed by atoms with van der Waals surface area (Å²) in [6.07, 6.45) is 2.89. The molecular weight excluding hydrogens is 238 g/mol. The third kappa shape index (κ3) is 4.13. The fourth-order valence-corrected chi connectivity index (χ4v) is 1.20. The quantitative estimate of drug-likeness (QED) is 0.356. The second kappa shape index (κ2) is 6.51. The third-order valence-corrected chi connectivity index (χ3v) is 2.11. The Balaban J connectivity index is 2.87. The van der Waals surface area contributed by atoms with E-state index in [0.29, 0.717) is 10.6 Å². The number of nitriles is 1. The number of benzene rings is 1. The monoisotopic (exact) mass is 247 g/mol. The molecule has 0 saturated heterocycles. The average molecular weight is 248 g/mol. The lowest BCUT2D eigenvalue weighted by molar-refractivity contribution is -0.137. The van der Waals surface area contributed by atoms with Gasteiger partial charge in [-0.15, -0.1) is 0 Å². The van der Waals surface area contributed by atoms with Gasteiger partial charge in [0, 0.05) is 5.02 Å². The summed E-state index contributed by atoms with van der Waals surface area (Å²) in [7, 11) is 0. The van der Waals surface area contributed by atoms with Gasteiger partial charge in [-0.25, -0.2) is 4.79 Å². The van der Waals surface area contributed by atoms with E-state index in [1.807, 2.05) is 0 Å². The van der Waals surface area contributed by atoms with Crippen LogP contribution in [-0.4, -0.2) is 12.6 Å². The topological polar surface area (TPSA) is 50.1 Å². The number of hydrogen-bond donors (Lipinski definition) is 0. The Morgan fingerprint density at radius 3 is 2.65 bits per heavy atom. The van der Waals surface area contributed by atoms with E-state index in [0.717, 1.165) is 0 Å². The fraction of sp³-hybridized carbons (Fsp3) is 0.0769. The summed E-state index contributed by atoms with van der Waals surface area (Å²) >= 11 is 5.72. The molecule has 1 aromatic rings. The van der Waals surface area contributed by atoms with Crippen molar-refractivity contribution in [1.29, 1.82) is 5.26 Å². The molecule has 0 unspecified atom stereocenters. The van der Waals surface area contributed by atoms with Crippen molar-refractivity contribution in [3.8, 4) is 6.07 Å². The van der Waals surface area contributed by atoms with E-state index < -0.39 is 5.97 Å². The molecule has 0 atom stereocenters. The van der Waals surface area contributed by atoms with Crippen LogP contribution in [0, 0.1) is 11.3 Å². The van der Waals surface area contributed by atoms with Crippen LogP contribution in [0.15, 0.2) is 42.5 Å². The molecule has 0 N–H and O–H groups in total. The highest BCUT2D eigenvalue weighted by Crippen LogP contribution is 2.13. The Morgan fingerprint density at radius 1 is 1.47 bits per heavy atom. The molecule has 0 bridgehead atoms. The van der Waals surface area contributed by atoms with Gasteiger partial charge in [-0.3, -0.25) is 0 Å². The molecule has 0 aromatic heterocycles. The Morgan fingerprint density at radius 2 is 2.12 bits per heavy atom. The second-order valence-corrected chi connectivity index (χ2v) is 3.54. The molecule has 0 spiro atoms. The summed E-state index contributed by atoms with van der Waals surface area (Å²) in [5.74, 6) is -0.664. The zero-order valence-electron chi connectivity index (χ0n) is 9.02. The normalized spacial score (nSPS) is 10.5. The lowest BCUT2D eigenvalue weighted by atomic mass is 10.1. The summed E-state index contributed by atoms with van der Waals surface area (Å²) in [5, 5.41) is 9.43. The van der Waals surface area contributed by atoms with Crippen molar-refractivity contribution in [3.05, 3.63) is 53.1 Å². The molecule has 0 saturated carbocycles. The fourth-order valence-electron chi connectivity index (χ4n) is 1.07. The second-order valence-electron chi connectivity index (χ2n) is 3.11. The van der Waals surface area contributed by atoms with Crippen LogP contribution in [0.1, 0.15) is 5.56 Å². The van der Waals surface area contributed by atoms with Gasteiger partial charge in [-0.1, -0.05) is 36.4 Å². The van der Waals surface area contributed by atoms with Crippen LogP contribution in [0.5, 0.6) is 0 Å². The minimum Gasteiger partial charge on any atom is -0.457 e. The highest BCUT2D eigenvalue weighted by Gasteiger charge is 2.09. The van der Waals surface area contributed by atoms with E-state index in [1.165, 1.54) is 12.2 Å². The van der Waals surface area contributed by atoms with Crippen LogP contribution < -0.4 is 0 Å². The SMILES string of the molecule is C=CCOC(=O)/C(C#N)=C\c1ccc(Cl)cc1. The molecule has 0 aliphatic rings. The summed E-state index contributed by atoms with van der Waals surface area (Å²) in [6.45, 7) is 3.50. The minimum atomic E-state index is -0.664. The zero-order valence-corrected chi connectivity index (χ0v) is 9.78. The van der Waals surface area contributed by atoms with Crippen LogP contribution in [0.3, 0.4) is 0 Å². The molecule has 0 amide bonds. The maximum Gasteiger partial charge on any atom is 0.349 e. The predicted molar refractivity (Wildman–Crippen MR) is 66.2 cm³/mol. The van der Waals surface area contributed by atoms with Crippen molar-refractivity contribution in [2.24, 2.45) is 0 Å². The number of rotatable bonds is 4. The van der Waals surface area contributed by atoms with Crippen molar-refractivity contribution in [3.63, 3.8) is 0 Å². The van der Waals surface area contributed by atoms with E-state index in [-0.39, 0.29) is 12.2 Å². The lowest BCUT2D eigenvalue weighted by Crippen LogP contribution is -2.06. The molecule has 1 rings (SSSR count). The van der Waals surface area contributed by atoms with Crippen LogP contribution >= 0.6 is 11.6 Å². The molecule has 0 aliphatic carbocycles. The first kappa shape index (κ1) is 13.0. The Bertz CT molecular complexity index is 483. The third-order valence-electron chi connectivity index (χ3n) is 1.85. The predicted octanol–water partition coefficient (Wildman–Crippen LogP) is 2.98. The van der Waals surface area contributed by atoms with Crippen molar-refractivity contribution >= 4 is 23.6 Å². The molecule has 0 radical (unpaired) electrons. The number of carbonyl (C=O) groups excluding carboxylic acids is 1. The molecule has 3 nitrogen and oxygen atoms in total. The maximum atomic E-state index is 11.4. The number of nitrogens with zero attached hydrogens (tertiary/aromatic N) is 1. The minimum absolute atomic E-state index is 0.0610. The summed E-state index contributed by atoms with van der Waals surface area (Å²) in [5.41, 5.74) is 0.649. The van der Waals surface area contributed by atoms with Crippen LogP contribution in [-0.2, 0) is 9.53 Å². The number of carbonyl (C=O) groups is 1. The van der Waals surface area contributed by atoms with Crippen LogP contribution in [0.4, 0.5) is 0 Å². The first-order valence-electron chi connectivity index (χ1n) is 4.82. The Kier molecular flexibility index (Phi) is 4.99. The number of esters is 1. The van der Waals surface area contributed by atoms with Gasteiger partial charge in [-0.2, -0.15) is 5.26 Å². The van der Waals surface area contributed by atoms with Gasteiger partial charge < -0.3 is 4.74 Å². The number of ether oxygens (including phenoxy) is 1. The van der Waals surface area contributed by atoms with Gasteiger partial charge in [0.1, 0.15) is 18.2 Å². The molecule has 4 heteroatoms. The van der Waals surface area contributed by atoms with Gasteiger partial charge in [0.2, 0.25) is 0 Å². The Labute approximate surface area is 105 Å². The van der Waals surface area contributed by atoms with Crippen molar-refractivity contribution in [2.45, 2.75) is 0 Å². The van der Waals surface area contributed by atoms with Gasteiger partial charge in [0.15, 0.2) is 0 Å². The molecule has 86 valence electrons.